The Morgan fingerprint density at radius 1 is 1.24 bits per heavy atom. The van der Waals surface area contributed by atoms with Crippen molar-refractivity contribution in [1.82, 2.24) is 0 Å². The second-order valence-electron chi connectivity index (χ2n) is 4.46. The van der Waals surface area contributed by atoms with Gasteiger partial charge in [-0.3, -0.25) is 4.89 Å². The molecule has 1 saturated carbocycles. The Bertz CT molecular complexity index is 366. The molecule has 3 nitrogen and oxygen atoms in total. The molecule has 0 aromatic heterocycles. The van der Waals surface area contributed by atoms with Crippen LogP contribution in [-0.4, -0.2) is 5.97 Å². The molecule has 0 amide bonds. The molecular formula is C14H18O3. The van der Waals surface area contributed by atoms with Crippen molar-refractivity contribution in [3.05, 3.63) is 35.4 Å². The standard InChI is InChI=1S/C14H18O3/c1-2-11-6-8-12(9-7-11)10-16-17-14(15)13-4-3-5-13/h6-9,13H,2-5,10H2,1H3. The first-order chi connectivity index (χ1) is 8.29. The van der Waals surface area contributed by atoms with Crippen LogP contribution in [0.4, 0.5) is 0 Å². The van der Waals surface area contributed by atoms with Crippen molar-refractivity contribution in [1.29, 1.82) is 0 Å². The van der Waals surface area contributed by atoms with E-state index < -0.39 is 0 Å². The predicted molar refractivity (Wildman–Crippen MR) is 64.0 cm³/mol. The monoisotopic (exact) mass is 234 g/mol. The van der Waals surface area contributed by atoms with Crippen molar-refractivity contribution in [2.75, 3.05) is 0 Å². The highest BCUT2D eigenvalue weighted by Gasteiger charge is 2.27. The highest BCUT2D eigenvalue weighted by atomic mass is 17.2. The maximum Gasteiger partial charge on any atom is 0.345 e. The molecule has 0 saturated heterocycles. The normalized spacial score (nSPS) is 15.4. The zero-order valence-corrected chi connectivity index (χ0v) is 10.1. The molecule has 92 valence electrons. The number of carbonyl (C=O) groups excluding carboxylic acids is 1. The zero-order valence-electron chi connectivity index (χ0n) is 10.1. The lowest BCUT2D eigenvalue weighted by Gasteiger charge is -2.21. The van der Waals surface area contributed by atoms with Gasteiger partial charge in [0, 0.05) is 0 Å². The summed E-state index contributed by atoms with van der Waals surface area (Å²) in [6, 6.07) is 8.12. The molecule has 0 unspecified atom stereocenters. The van der Waals surface area contributed by atoms with Gasteiger partial charge in [-0.05, 0) is 30.4 Å². The summed E-state index contributed by atoms with van der Waals surface area (Å²) in [6.07, 6.45) is 4.02. The average molecular weight is 234 g/mol. The van der Waals surface area contributed by atoms with Gasteiger partial charge >= 0.3 is 5.97 Å². The third-order valence-corrected chi connectivity index (χ3v) is 3.24. The van der Waals surface area contributed by atoms with Crippen molar-refractivity contribution in [3.63, 3.8) is 0 Å². The average Bonchev–Trinajstić information content (AvgIpc) is 2.27. The minimum absolute atomic E-state index is 0.0671. The van der Waals surface area contributed by atoms with Crippen LogP contribution in [0.3, 0.4) is 0 Å². The van der Waals surface area contributed by atoms with Crippen molar-refractivity contribution >= 4 is 5.97 Å². The molecule has 3 heteroatoms. The number of carbonyl (C=O) groups is 1. The Morgan fingerprint density at radius 3 is 2.41 bits per heavy atom. The largest absolute Gasteiger partial charge is 0.345 e. The first-order valence-corrected chi connectivity index (χ1v) is 6.20. The molecule has 1 aliphatic carbocycles. The molecule has 0 N–H and O–H groups in total. The topological polar surface area (TPSA) is 35.5 Å². The zero-order chi connectivity index (χ0) is 12.1. The van der Waals surface area contributed by atoms with Crippen molar-refractivity contribution in [2.24, 2.45) is 5.92 Å². The van der Waals surface area contributed by atoms with E-state index in [4.69, 9.17) is 9.78 Å². The quantitative estimate of drug-likeness (QED) is 0.580. The van der Waals surface area contributed by atoms with Gasteiger partial charge in [0.25, 0.3) is 0 Å². The smallest absolute Gasteiger partial charge is 0.298 e. The van der Waals surface area contributed by atoms with E-state index >= 15 is 0 Å². The molecule has 1 aliphatic rings. The fraction of sp³-hybridized carbons (Fsp3) is 0.500. The van der Waals surface area contributed by atoms with Crippen molar-refractivity contribution < 1.29 is 14.6 Å². The van der Waals surface area contributed by atoms with Gasteiger partial charge in [-0.1, -0.05) is 37.6 Å². The highest BCUT2D eigenvalue weighted by molar-refractivity contribution is 5.72. The van der Waals surface area contributed by atoms with Crippen LogP contribution in [0.25, 0.3) is 0 Å². The van der Waals surface area contributed by atoms with Crippen LogP contribution in [0, 0.1) is 5.92 Å². The minimum atomic E-state index is -0.221. The molecule has 1 fully saturated rings. The van der Waals surface area contributed by atoms with Crippen molar-refractivity contribution in [2.45, 2.75) is 39.2 Å². The van der Waals surface area contributed by atoms with Crippen LogP contribution in [0.5, 0.6) is 0 Å². The maximum absolute atomic E-state index is 11.4. The lowest BCUT2D eigenvalue weighted by molar-refractivity contribution is -0.285. The Morgan fingerprint density at radius 2 is 1.88 bits per heavy atom. The summed E-state index contributed by atoms with van der Waals surface area (Å²) in [5.74, 6) is -0.154. The number of hydrogen-bond donors (Lipinski definition) is 0. The summed E-state index contributed by atoms with van der Waals surface area (Å²) in [4.78, 5) is 21.1. The van der Waals surface area contributed by atoms with Gasteiger partial charge < -0.3 is 0 Å². The molecular weight excluding hydrogens is 216 g/mol. The molecule has 0 aliphatic heterocycles. The molecule has 2 rings (SSSR count). The number of hydrogen-bond acceptors (Lipinski definition) is 3. The lowest BCUT2D eigenvalue weighted by atomic mass is 9.86. The molecule has 0 spiro atoms. The lowest BCUT2D eigenvalue weighted by Crippen LogP contribution is -2.24. The third-order valence-electron chi connectivity index (χ3n) is 3.24. The summed E-state index contributed by atoms with van der Waals surface area (Å²) >= 11 is 0. The number of rotatable bonds is 5. The van der Waals surface area contributed by atoms with E-state index in [2.05, 4.69) is 19.1 Å². The van der Waals surface area contributed by atoms with E-state index in [1.807, 2.05) is 12.1 Å². The van der Waals surface area contributed by atoms with Gasteiger partial charge in [0.05, 0.1) is 5.92 Å². The second kappa shape index (κ2) is 5.82. The Labute approximate surface area is 102 Å². The first-order valence-electron chi connectivity index (χ1n) is 6.20. The van der Waals surface area contributed by atoms with Crippen LogP contribution >= 0.6 is 0 Å². The van der Waals surface area contributed by atoms with E-state index in [1.54, 1.807) is 0 Å². The van der Waals surface area contributed by atoms with E-state index in [0.717, 1.165) is 31.2 Å². The van der Waals surface area contributed by atoms with E-state index in [1.165, 1.54) is 5.56 Å². The first kappa shape index (κ1) is 12.1. The summed E-state index contributed by atoms with van der Waals surface area (Å²) in [5.41, 5.74) is 2.31. The fourth-order valence-electron chi connectivity index (χ4n) is 1.74. The van der Waals surface area contributed by atoms with Crippen molar-refractivity contribution in [3.8, 4) is 0 Å². The summed E-state index contributed by atoms with van der Waals surface area (Å²) < 4.78 is 0. The third kappa shape index (κ3) is 3.30. The maximum atomic E-state index is 11.4. The summed E-state index contributed by atoms with van der Waals surface area (Å²) in [7, 11) is 0. The predicted octanol–water partition coefficient (Wildman–Crippen LogP) is 3.02. The van der Waals surface area contributed by atoms with E-state index in [0.29, 0.717) is 6.61 Å². The SMILES string of the molecule is CCc1ccc(COOC(=O)C2CCC2)cc1. The highest BCUT2D eigenvalue weighted by Crippen LogP contribution is 2.27. The van der Waals surface area contributed by atoms with Crippen LogP contribution < -0.4 is 0 Å². The van der Waals surface area contributed by atoms with E-state index in [-0.39, 0.29) is 11.9 Å². The van der Waals surface area contributed by atoms with Crippen LogP contribution in [0.1, 0.15) is 37.3 Å². The van der Waals surface area contributed by atoms with Crippen LogP contribution in [-0.2, 0) is 27.6 Å². The van der Waals surface area contributed by atoms with Gasteiger partial charge in [0.1, 0.15) is 6.61 Å². The minimum Gasteiger partial charge on any atom is -0.298 e. The Hall–Kier alpha value is -1.35. The van der Waals surface area contributed by atoms with Gasteiger partial charge in [-0.15, -0.1) is 0 Å². The van der Waals surface area contributed by atoms with E-state index in [9.17, 15) is 4.79 Å². The number of aryl methyl sites for hydroxylation is 1. The van der Waals surface area contributed by atoms with Gasteiger partial charge in [-0.25, -0.2) is 4.79 Å². The van der Waals surface area contributed by atoms with Crippen LogP contribution in [0.2, 0.25) is 0 Å². The molecule has 0 radical (unpaired) electrons. The molecule has 0 bridgehead atoms. The molecule has 1 aromatic rings. The Balaban J connectivity index is 1.71. The van der Waals surface area contributed by atoms with Gasteiger partial charge in [0.2, 0.25) is 0 Å². The Kier molecular flexibility index (Phi) is 4.15. The second-order valence-corrected chi connectivity index (χ2v) is 4.46. The van der Waals surface area contributed by atoms with Gasteiger partial charge in [0.15, 0.2) is 0 Å². The molecule has 0 heterocycles. The van der Waals surface area contributed by atoms with Gasteiger partial charge in [-0.2, -0.15) is 4.89 Å². The fourth-order valence-corrected chi connectivity index (χ4v) is 1.74. The molecule has 1 aromatic carbocycles. The molecule has 17 heavy (non-hydrogen) atoms. The number of benzene rings is 1. The van der Waals surface area contributed by atoms with Crippen LogP contribution in [0.15, 0.2) is 24.3 Å². The molecule has 0 atom stereocenters. The summed E-state index contributed by atoms with van der Waals surface area (Å²) in [5, 5.41) is 0. The summed E-state index contributed by atoms with van der Waals surface area (Å²) in [6.45, 7) is 2.44.